The Hall–Kier alpha value is -1.77. The Morgan fingerprint density at radius 2 is 0.672 bits per heavy atom. The molecule has 0 spiro atoms. The van der Waals surface area contributed by atoms with Gasteiger partial charge in [-0.1, -0.05) is 239 Å². The van der Waals surface area contributed by atoms with Gasteiger partial charge in [0, 0.05) is 25.0 Å². The summed E-state index contributed by atoms with van der Waals surface area (Å²) in [5.41, 5.74) is 0. The Morgan fingerprint density at radius 1 is 0.410 bits per heavy atom. The minimum Gasteiger partial charge on any atom is -0.480 e. The molecule has 0 saturated carbocycles. The minimum absolute atomic E-state index is 0.0347. The van der Waals surface area contributed by atoms with E-state index in [0.29, 0.717) is 19.3 Å². The highest BCUT2D eigenvalue weighted by molar-refractivity contribution is 8.00. The van der Waals surface area contributed by atoms with Gasteiger partial charge in [0.1, 0.15) is 19.3 Å². The van der Waals surface area contributed by atoms with Crippen molar-refractivity contribution in [2.75, 3.05) is 19.0 Å². The maximum absolute atomic E-state index is 12.7. The molecule has 0 aromatic rings. The topological polar surface area (TPSA) is 119 Å². The number of esters is 2. The molecule has 0 aromatic heterocycles. The summed E-state index contributed by atoms with van der Waals surface area (Å²) in [6, 6.07) is -1.07. The van der Waals surface area contributed by atoms with Crippen LogP contribution in [0.5, 0.6) is 0 Å². The van der Waals surface area contributed by atoms with Gasteiger partial charge in [-0.3, -0.25) is 14.4 Å². The molecule has 0 aliphatic heterocycles. The van der Waals surface area contributed by atoms with Gasteiger partial charge in [0.05, 0.1) is 5.25 Å². The van der Waals surface area contributed by atoms with Gasteiger partial charge in [0.2, 0.25) is 5.91 Å². The molecule has 0 aromatic carbocycles. The van der Waals surface area contributed by atoms with Crippen molar-refractivity contribution in [2.45, 2.75) is 289 Å². The number of hydrogen-bond acceptors (Lipinski definition) is 7. The van der Waals surface area contributed by atoms with Gasteiger partial charge in [0.15, 0.2) is 0 Å². The van der Waals surface area contributed by atoms with Crippen molar-refractivity contribution < 1.29 is 33.8 Å². The lowest BCUT2D eigenvalue weighted by atomic mass is 10.0. The fourth-order valence-corrected chi connectivity index (χ4v) is 8.88. The molecule has 61 heavy (non-hydrogen) atoms. The second kappa shape index (κ2) is 47.7. The van der Waals surface area contributed by atoms with E-state index in [4.69, 9.17) is 9.47 Å². The SMILES string of the molecule is CCCCCCCCCCCCCCCC(=O)OCC(COC(=O)CCCCCCCCCCCCCCC)SC[C@H](NC(=O)CCCCCCCCCCCCC)C(=O)O. The van der Waals surface area contributed by atoms with E-state index in [-0.39, 0.29) is 36.8 Å². The van der Waals surface area contributed by atoms with E-state index < -0.39 is 17.3 Å². The molecule has 0 aliphatic carbocycles. The summed E-state index contributed by atoms with van der Waals surface area (Å²) < 4.78 is 11.3. The quantitative estimate of drug-likeness (QED) is 0.0458. The Labute approximate surface area is 381 Å². The number of carboxylic acids is 1. The first-order chi connectivity index (χ1) is 29.8. The van der Waals surface area contributed by atoms with Crippen LogP contribution in [0.1, 0.15) is 278 Å². The maximum atomic E-state index is 12.7. The largest absolute Gasteiger partial charge is 0.480 e. The van der Waals surface area contributed by atoms with Gasteiger partial charge < -0.3 is 19.9 Å². The van der Waals surface area contributed by atoms with Gasteiger partial charge in [-0.05, 0) is 19.3 Å². The van der Waals surface area contributed by atoms with Crippen LogP contribution in [0.4, 0.5) is 0 Å². The molecule has 8 nitrogen and oxygen atoms in total. The number of aliphatic carboxylic acids is 1. The molecule has 0 saturated heterocycles. The van der Waals surface area contributed by atoms with Crippen LogP contribution >= 0.6 is 11.8 Å². The summed E-state index contributed by atoms with van der Waals surface area (Å²) in [6.45, 7) is 6.82. The number of carboxylic acid groups (broad SMARTS) is 1. The highest BCUT2D eigenvalue weighted by Crippen LogP contribution is 2.19. The number of hydrogen-bond donors (Lipinski definition) is 2. The Bertz CT molecular complexity index is 949. The number of thioether (sulfide) groups is 1. The zero-order chi connectivity index (χ0) is 44.7. The van der Waals surface area contributed by atoms with E-state index in [1.54, 1.807) is 0 Å². The fraction of sp³-hybridized carbons (Fsp3) is 0.923. The lowest BCUT2D eigenvalue weighted by molar-refractivity contribution is -0.146. The molecule has 0 heterocycles. The van der Waals surface area contributed by atoms with Crippen molar-refractivity contribution in [3.05, 3.63) is 0 Å². The molecular weight excluding hydrogens is 783 g/mol. The van der Waals surface area contributed by atoms with E-state index in [0.717, 1.165) is 57.8 Å². The predicted octanol–water partition coefficient (Wildman–Crippen LogP) is 15.4. The van der Waals surface area contributed by atoms with Crippen LogP contribution in [0.3, 0.4) is 0 Å². The van der Waals surface area contributed by atoms with Crippen molar-refractivity contribution in [1.82, 2.24) is 5.32 Å². The first-order valence-electron chi connectivity index (χ1n) is 26.3. The second-order valence-corrected chi connectivity index (χ2v) is 19.4. The number of amides is 1. The molecule has 0 rings (SSSR count). The summed E-state index contributed by atoms with van der Waals surface area (Å²) in [6.07, 6.45) is 46.3. The van der Waals surface area contributed by atoms with Crippen LogP contribution in [0.25, 0.3) is 0 Å². The average Bonchev–Trinajstić information content (AvgIpc) is 3.25. The zero-order valence-electron chi connectivity index (χ0n) is 40.4. The van der Waals surface area contributed by atoms with Crippen LogP contribution in [-0.2, 0) is 28.7 Å². The number of unbranched alkanes of at least 4 members (excludes halogenated alkanes) is 34. The lowest BCUT2D eigenvalue weighted by Gasteiger charge is -2.20. The number of rotatable bonds is 49. The number of nitrogens with one attached hydrogen (secondary N) is 1. The molecule has 0 fully saturated rings. The monoisotopic (exact) mass is 882 g/mol. The molecule has 0 bridgehead atoms. The van der Waals surface area contributed by atoms with E-state index in [9.17, 15) is 24.3 Å². The van der Waals surface area contributed by atoms with Crippen molar-refractivity contribution in [1.29, 1.82) is 0 Å². The van der Waals surface area contributed by atoms with Gasteiger partial charge in [-0.2, -0.15) is 0 Å². The van der Waals surface area contributed by atoms with Crippen LogP contribution in [0.15, 0.2) is 0 Å². The summed E-state index contributed by atoms with van der Waals surface area (Å²) in [7, 11) is 0. The number of carbonyl (C=O) groups is 4. The highest BCUT2D eigenvalue weighted by atomic mass is 32.2. The first kappa shape index (κ1) is 59.2. The average molecular weight is 882 g/mol. The summed E-state index contributed by atoms with van der Waals surface area (Å²) in [5, 5.41) is 12.2. The third kappa shape index (κ3) is 44.6. The van der Waals surface area contributed by atoms with Gasteiger partial charge in [0.25, 0.3) is 0 Å². The maximum Gasteiger partial charge on any atom is 0.327 e. The lowest BCUT2D eigenvalue weighted by Crippen LogP contribution is -2.43. The summed E-state index contributed by atoms with van der Waals surface area (Å²) in [5.74, 6) is -1.81. The van der Waals surface area contributed by atoms with Crippen LogP contribution in [-0.4, -0.2) is 59.2 Å². The van der Waals surface area contributed by atoms with Crippen molar-refractivity contribution >= 4 is 35.6 Å². The molecular formula is C52H99NO7S. The predicted molar refractivity (Wildman–Crippen MR) is 259 cm³/mol. The van der Waals surface area contributed by atoms with E-state index >= 15 is 0 Å². The third-order valence-corrected chi connectivity index (χ3v) is 13.2. The van der Waals surface area contributed by atoms with Crippen molar-refractivity contribution in [3.63, 3.8) is 0 Å². The molecule has 1 atom stereocenters. The molecule has 360 valence electrons. The van der Waals surface area contributed by atoms with Gasteiger partial charge in [-0.25, -0.2) is 4.79 Å². The van der Waals surface area contributed by atoms with E-state index in [2.05, 4.69) is 26.1 Å². The fourth-order valence-electron chi connectivity index (χ4n) is 7.86. The molecule has 1 amide bonds. The smallest absolute Gasteiger partial charge is 0.327 e. The van der Waals surface area contributed by atoms with Gasteiger partial charge in [-0.15, -0.1) is 11.8 Å². The first-order valence-corrected chi connectivity index (χ1v) is 27.3. The van der Waals surface area contributed by atoms with Crippen LogP contribution in [0.2, 0.25) is 0 Å². The minimum atomic E-state index is -1.10. The number of carbonyl (C=O) groups excluding carboxylic acids is 3. The normalized spacial score (nSPS) is 11.9. The summed E-state index contributed by atoms with van der Waals surface area (Å²) in [4.78, 5) is 50.2. The molecule has 0 unspecified atom stereocenters. The van der Waals surface area contributed by atoms with E-state index in [1.165, 1.54) is 192 Å². The van der Waals surface area contributed by atoms with Crippen LogP contribution < -0.4 is 5.32 Å². The van der Waals surface area contributed by atoms with Crippen LogP contribution in [0, 0.1) is 0 Å². The van der Waals surface area contributed by atoms with Crippen molar-refractivity contribution in [2.24, 2.45) is 0 Å². The third-order valence-electron chi connectivity index (χ3n) is 12.0. The standard InChI is InChI=1S/C52H99NO7S/c1-4-7-10-13-16-19-22-24-27-30-33-36-39-42-50(55)59-44-47(45-60-51(56)43-40-37-34-31-28-25-23-20-17-14-11-8-5-2)61-46-48(52(57)58)53-49(54)41-38-35-32-29-26-21-18-15-12-9-6-3/h47-48H,4-46H2,1-3H3,(H,53,54)(H,57,58)/t48-/m0/s1. The second-order valence-electron chi connectivity index (χ2n) is 18.1. The van der Waals surface area contributed by atoms with E-state index in [1.807, 2.05) is 0 Å². The Balaban J connectivity index is 4.62. The van der Waals surface area contributed by atoms with Crippen molar-refractivity contribution in [3.8, 4) is 0 Å². The molecule has 0 aliphatic rings. The zero-order valence-corrected chi connectivity index (χ0v) is 41.2. The van der Waals surface area contributed by atoms with Gasteiger partial charge >= 0.3 is 17.9 Å². The highest BCUT2D eigenvalue weighted by Gasteiger charge is 2.24. The Morgan fingerprint density at radius 3 is 0.951 bits per heavy atom. The summed E-state index contributed by atoms with van der Waals surface area (Å²) >= 11 is 1.27. The molecule has 9 heteroatoms. The number of ether oxygens (including phenoxy) is 2. The Kier molecular flexibility index (Phi) is 46.3. The molecule has 2 N–H and O–H groups in total. The molecule has 0 radical (unpaired) electrons.